The van der Waals surface area contributed by atoms with E-state index >= 15 is 0 Å². The highest BCUT2D eigenvalue weighted by Crippen LogP contribution is 2.19. The summed E-state index contributed by atoms with van der Waals surface area (Å²) in [6, 6.07) is 3.71. The molecule has 0 unspecified atom stereocenters. The van der Waals surface area contributed by atoms with E-state index in [0.29, 0.717) is 18.4 Å². The molecule has 0 spiro atoms. The molecule has 0 radical (unpaired) electrons. The Morgan fingerprint density at radius 1 is 1.42 bits per heavy atom. The van der Waals surface area contributed by atoms with Gasteiger partial charge in [-0.1, -0.05) is 26.8 Å². The molecular weight excluding hydrogens is 260 g/mol. The van der Waals surface area contributed by atoms with Crippen molar-refractivity contribution in [2.45, 2.75) is 39.2 Å². The van der Waals surface area contributed by atoms with Gasteiger partial charge in [0.05, 0.1) is 12.6 Å². The Labute approximate surface area is 119 Å². The van der Waals surface area contributed by atoms with Gasteiger partial charge in [0.25, 0.3) is 0 Å². The molecule has 0 aliphatic rings. The molecule has 0 aromatic carbocycles. The first kappa shape index (κ1) is 16.0. The third-order valence-corrected chi connectivity index (χ3v) is 4.01. The van der Waals surface area contributed by atoms with Gasteiger partial charge >= 0.3 is 6.03 Å². The van der Waals surface area contributed by atoms with Crippen LogP contribution in [-0.2, 0) is 0 Å². The van der Waals surface area contributed by atoms with Crippen LogP contribution in [0.2, 0.25) is 0 Å². The van der Waals surface area contributed by atoms with Crippen molar-refractivity contribution in [2.24, 2.45) is 5.92 Å². The average Bonchev–Trinajstić information content (AvgIpc) is 2.88. The van der Waals surface area contributed by atoms with Gasteiger partial charge in [-0.2, -0.15) is 0 Å². The second-order valence-corrected chi connectivity index (χ2v) is 6.26. The predicted molar refractivity (Wildman–Crippen MR) is 79.6 cm³/mol. The van der Waals surface area contributed by atoms with E-state index in [1.54, 1.807) is 11.3 Å². The Balaban J connectivity index is 2.30. The van der Waals surface area contributed by atoms with Gasteiger partial charge in [-0.25, -0.2) is 4.79 Å². The van der Waals surface area contributed by atoms with Crippen molar-refractivity contribution < 1.29 is 9.90 Å². The van der Waals surface area contributed by atoms with E-state index in [1.165, 1.54) is 4.88 Å². The van der Waals surface area contributed by atoms with Gasteiger partial charge in [0.15, 0.2) is 0 Å². The van der Waals surface area contributed by atoms with Gasteiger partial charge in [0.1, 0.15) is 0 Å². The molecule has 5 heteroatoms. The number of aliphatic hydroxyl groups is 1. The first-order valence-electron chi connectivity index (χ1n) is 6.71. The van der Waals surface area contributed by atoms with Crippen LogP contribution in [0.3, 0.4) is 0 Å². The molecule has 1 aromatic rings. The van der Waals surface area contributed by atoms with Gasteiger partial charge < -0.3 is 15.7 Å². The molecule has 2 amide bonds. The number of hydrogen-bond acceptors (Lipinski definition) is 3. The Bertz CT molecular complexity index is 366. The fourth-order valence-corrected chi connectivity index (χ4v) is 2.69. The summed E-state index contributed by atoms with van der Waals surface area (Å²) in [6.45, 7) is 6.81. The fourth-order valence-electron chi connectivity index (χ4n) is 1.90. The molecule has 0 bridgehead atoms. The predicted octanol–water partition coefficient (Wildman–Crippen LogP) is 2.56. The molecule has 0 saturated heterocycles. The number of urea groups is 1. The molecule has 1 heterocycles. The Kier molecular flexibility index (Phi) is 6.87. The van der Waals surface area contributed by atoms with E-state index in [1.807, 2.05) is 11.4 Å². The molecule has 108 valence electrons. The number of nitrogens with one attached hydrogen (secondary N) is 2. The van der Waals surface area contributed by atoms with E-state index in [2.05, 4.69) is 37.5 Å². The van der Waals surface area contributed by atoms with Gasteiger partial charge in [-0.05, 0) is 23.8 Å². The van der Waals surface area contributed by atoms with Crippen LogP contribution in [0.15, 0.2) is 17.5 Å². The zero-order valence-corrected chi connectivity index (χ0v) is 12.7. The Morgan fingerprint density at radius 2 is 2.16 bits per heavy atom. The monoisotopic (exact) mass is 284 g/mol. The zero-order chi connectivity index (χ0) is 14.3. The van der Waals surface area contributed by atoms with Crippen molar-refractivity contribution in [1.82, 2.24) is 10.6 Å². The number of amides is 2. The fraction of sp³-hybridized carbons (Fsp3) is 0.643. The van der Waals surface area contributed by atoms with E-state index in [9.17, 15) is 9.90 Å². The van der Waals surface area contributed by atoms with Crippen LogP contribution in [0.25, 0.3) is 0 Å². The van der Waals surface area contributed by atoms with Crippen LogP contribution in [0, 0.1) is 5.92 Å². The van der Waals surface area contributed by atoms with Crippen LogP contribution in [0.4, 0.5) is 4.79 Å². The van der Waals surface area contributed by atoms with E-state index in [4.69, 9.17) is 0 Å². The lowest BCUT2D eigenvalue weighted by molar-refractivity contribution is 0.206. The lowest BCUT2D eigenvalue weighted by atomic mass is 10.0. The molecule has 19 heavy (non-hydrogen) atoms. The highest BCUT2D eigenvalue weighted by Gasteiger charge is 2.14. The maximum Gasteiger partial charge on any atom is 0.315 e. The van der Waals surface area contributed by atoms with Crippen molar-refractivity contribution in [3.63, 3.8) is 0 Å². The molecule has 0 fully saturated rings. The SMILES string of the molecule is CC(C)C[C@H](CO)NC(=O)NC[C@H](C)c1cccs1. The topological polar surface area (TPSA) is 61.4 Å². The summed E-state index contributed by atoms with van der Waals surface area (Å²) >= 11 is 1.70. The summed E-state index contributed by atoms with van der Waals surface area (Å²) < 4.78 is 0. The van der Waals surface area contributed by atoms with Crippen molar-refractivity contribution in [1.29, 1.82) is 0 Å². The van der Waals surface area contributed by atoms with Crippen LogP contribution in [-0.4, -0.2) is 30.3 Å². The molecule has 0 saturated carbocycles. The van der Waals surface area contributed by atoms with Gasteiger partial charge in [-0.3, -0.25) is 0 Å². The van der Waals surface area contributed by atoms with E-state index in [-0.39, 0.29) is 18.7 Å². The lowest BCUT2D eigenvalue weighted by Crippen LogP contribution is -2.45. The van der Waals surface area contributed by atoms with E-state index < -0.39 is 0 Å². The number of aliphatic hydroxyl groups excluding tert-OH is 1. The highest BCUT2D eigenvalue weighted by molar-refractivity contribution is 7.10. The average molecular weight is 284 g/mol. The zero-order valence-electron chi connectivity index (χ0n) is 11.8. The van der Waals surface area contributed by atoms with Crippen LogP contribution < -0.4 is 10.6 Å². The molecule has 1 rings (SSSR count). The van der Waals surface area contributed by atoms with Crippen molar-refractivity contribution in [2.75, 3.05) is 13.2 Å². The number of rotatable bonds is 7. The molecular formula is C14H24N2O2S. The summed E-state index contributed by atoms with van der Waals surface area (Å²) in [5, 5.41) is 16.9. The third-order valence-electron chi connectivity index (χ3n) is 2.91. The Hall–Kier alpha value is -1.07. The first-order valence-corrected chi connectivity index (χ1v) is 7.59. The molecule has 0 aliphatic heterocycles. The minimum absolute atomic E-state index is 0.0217. The standard InChI is InChI=1S/C14H24N2O2S/c1-10(2)7-12(9-17)16-14(18)15-8-11(3)13-5-4-6-19-13/h4-6,10-12,17H,7-9H2,1-3H3,(H2,15,16,18)/t11-,12+/m0/s1. The summed E-state index contributed by atoms with van der Waals surface area (Å²) in [7, 11) is 0. The van der Waals surface area contributed by atoms with Crippen LogP contribution in [0.1, 0.15) is 38.0 Å². The smallest absolute Gasteiger partial charge is 0.315 e. The third kappa shape index (κ3) is 6.07. The van der Waals surface area contributed by atoms with Gasteiger partial charge in [0.2, 0.25) is 0 Å². The van der Waals surface area contributed by atoms with Crippen molar-refractivity contribution in [3.8, 4) is 0 Å². The van der Waals surface area contributed by atoms with Crippen molar-refractivity contribution in [3.05, 3.63) is 22.4 Å². The maximum atomic E-state index is 11.7. The largest absolute Gasteiger partial charge is 0.394 e. The van der Waals surface area contributed by atoms with Gasteiger partial charge in [0, 0.05) is 17.3 Å². The minimum Gasteiger partial charge on any atom is -0.394 e. The minimum atomic E-state index is -0.205. The summed E-state index contributed by atoms with van der Waals surface area (Å²) in [4.78, 5) is 13.0. The summed E-state index contributed by atoms with van der Waals surface area (Å²) in [5.74, 6) is 0.755. The number of thiophene rings is 1. The summed E-state index contributed by atoms with van der Waals surface area (Å²) in [5.41, 5.74) is 0. The van der Waals surface area contributed by atoms with Crippen LogP contribution >= 0.6 is 11.3 Å². The molecule has 3 N–H and O–H groups in total. The number of hydrogen-bond donors (Lipinski definition) is 3. The highest BCUT2D eigenvalue weighted by atomic mass is 32.1. The van der Waals surface area contributed by atoms with Gasteiger partial charge in [-0.15, -0.1) is 11.3 Å². The van der Waals surface area contributed by atoms with Crippen LogP contribution in [0.5, 0.6) is 0 Å². The molecule has 4 nitrogen and oxygen atoms in total. The summed E-state index contributed by atoms with van der Waals surface area (Å²) in [6.07, 6.45) is 0.782. The molecule has 1 aromatic heterocycles. The lowest BCUT2D eigenvalue weighted by Gasteiger charge is -2.19. The second kappa shape index (κ2) is 8.17. The maximum absolute atomic E-state index is 11.7. The normalized spacial score (nSPS) is 14.2. The first-order chi connectivity index (χ1) is 9.02. The quantitative estimate of drug-likeness (QED) is 0.720. The number of carbonyl (C=O) groups excluding carboxylic acids is 1. The van der Waals surface area contributed by atoms with Crippen molar-refractivity contribution >= 4 is 17.4 Å². The second-order valence-electron chi connectivity index (χ2n) is 5.28. The molecule has 2 atom stereocenters. The number of carbonyl (C=O) groups is 1. The molecule has 0 aliphatic carbocycles. The van der Waals surface area contributed by atoms with E-state index in [0.717, 1.165) is 6.42 Å². The Morgan fingerprint density at radius 3 is 2.68 bits per heavy atom.